The van der Waals surface area contributed by atoms with Gasteiger partial charge in [-0.2, -0.15) is 0 Å². The Kier molecular flexibility index (Phi) is 4.74. The lowest BCUT2D eigenvalue weighted by Gasteiger charge is -2.10. The third-order valence-corrected chi connectivity index (χ3v) is 3.86. The molecule has 0 unspecified atom stereocenters. The van der Waals surface area contributed by atoms with Crippen molar-refractivity contribution in [3.05, 3.63) is 77.6 Å². The minimum Gasteiger partial charge on any atom is -0.457 e. The van der Waals surface area contributed by atoms with Crippen LogP contribution in [0.25, 0.3) is 22.3 Å². The fraction of sp³-hybridized carbons (Fsp3) is 0.100. The summed E-state index contributed by atoms with van der Waals surface area (Å²) in [5.74, 6) is -3.61. The van der Waals surface area contributed by atoms with Gasteiger partial charge in [0.2, 0.25) is 6.86 Å². The quantitative estimate of drug-likeness (QED) is 0.522. The second-order valence-corrected chi connectivity index (χ2v) is 5.58. The van der Waals surface area contributed by atoms with Crippen molar-refractivity contribution >= 4 is 0 Å². The molecule has 5 heteroatoms. The molecular formula is C20H14F4O. The topological polar surface area (TPSA) is 9.23 Å². The first-order valence-electron chi connectivity index (χ1n) is 7.54. The number of rotatable bonds is 4. The first kappa shape index (κ1) is 17.0. The number of ether oxygens (including phenoxy) is 1. The predicted molar refractivity (Wildman–Crippen MR) is 88.5 cm³/mol. The molecule has 0 aliphatic rings. The van der Waals surface area contributed by atoms with Gasteiger partial charge in [0.1, 0.15) is 5.82 Å². The Balaban J connectivity index is 2.00. The van der Waals surface area contributed by atoms with E-state index in [4.69, 9.17) is 0 Å². The number of aryl methyl sites for hydroxylation is 1. The molecule has 3 aromatic rings. The summed E-state index contributed by atoms with van der Waals surface area (Å²) >= 11 is 0. The van der Waals surface area contributed by atoms with Crippen LogP contribution in [-0.2, 0) is 0 Å². The first-order chi connectivity index (χ1) is 12.0. The molecule has 0 N–H and O–H groups in total. The highest BCUT2D eigenvalue weighted by Crippen LogP contribution is 2.32. The summed E-state index contributed by atoms with van der Waals surface area (Å²) in [7, 11) is 0. The zero-order valence-electron chi connectivity index (χ0n) is 13.3. The van der Waals surface area contributed by atoms with Crippen LogP contribution in [0.15, 0.2) is 54.6 Å². The maximum atomic E-state index is 14.5. The van der Waals surface area contributed by atoms with Crippen molar-refractivity contribution in [3.63, 3.8) is 0 Å². The minimum atomic E-state index is -1.35. The van der Waals surface area contributed by atoms with Gasteiger partial charge < -0.3 is 4.74 Å². The number of benzene rings is 3. The van der Waals surface area contributed by atoms with Crippen LogP contribution in [0, 0.1) is 24.4 Å². The highest BCUT2D eigenvalue weighted by atomic mass is 19.1. The molecule has 0 amide bonds. The van der Waals surface area contributed by atoms with Crippen LogP contribution in [0.5, 0.6) is 5.75 Å². The van der Waals surface area contributed by atoms with Crippen molar-refractivity contribution in [2.75, 3.05) is 6.86 Å². The molecule has 0 aromatic heterocycles. The molecule has 0 radical (unpaired) electrons. The molecule has 0 atom stereocenters. The first-order valence-corrected chi connectivity index (χ1v) is 7.54. The third kappa shape index (κ3) is 3.50. The highest BCUT2D eigenvalue weighted by molar-refractivity contribution is 5.71. The zero-order valence-corrected chi connectivity index (χ0v) is 13.3. The molecule has 0 aliphatic carbocycles. The zero-order chi connectivity index (χ0) is 18.0. The lowest BCUT2D eigenvalue weighted by molar-refractivity contribution is 0.176. The summed E-state index contributed by atoms with van der Waals surface area (Å²) in [6, 6.07) is 13.8. The van der Waals surface area contributed by atoms with Gasteiger partial charge in [-0.25, -0.2) is 17.6 Å². The average Bonchev–Trinajstić information content (AvgIpc) is 2.58. The molecule has 0 fully saturated rings. The number of halogens is 4. The van der Waals surface area contributed by atoms with E-state index < -0.39 is 30.1 Å². The summed E-state index contributed by atoms with van der Waals surface area (Å²) in [6.45, 7) is 0.597. The van der Waals surface area contributed by atoms with Crippen LogP contribution in [-0.4, -0.2) is 6.86 Å². The van der Waals surface area contributed by atoms with Crippen molar-refractivity contribution in [1.29, 1.82) is 0 Å². The average molecular weight is 346 g/mol. The molecule has 0 heterocycles. The van der Waals surface area contributed by atoms with Crippen LogP contribution < -0.4 is 4.74 Å². The summed E-state index contributed by atoms with van der Waals surface area (Å²) in [5, 5.41) is 0. The summed E-state index contributed by atoms with van der Waals surface area (Å²) in [5.41, 5.74) is 2.62. The largest absolute Gasteiger partial charge is 0.457 e. The fourth-order valence-corrected chi connectivity index (χ4v) is 2.58. The number of alkyl halides is 1. The Labute approximate surface area is 142 Å². The molecular weight excluding hydrogens is 332 g/mol. The summed E-state index contributed by atoms with van der Waals surface area (Å²) < 4.78 is 58.6. The summed E-state index contributed by atoms with van der Waals surface area (Å²) in [6.07, 6.45) is 0. The second kappa shape index (κ2) is 6.97. The lowest BCUT2D eigenvalue weighted by Crippen LogP contribution is -1.98. The number of hydrogen-bond donors (Lipinski definition) is 0. The summed E-state index contributed by atoms with van der Waals surface area (Å²) in [4.78, 5) is 0. The molecule has 0 aliphatic heterocycles. The van der Waals surface area contributed by atoms with Crippen molar-refractivity contribution in [2.24, 2.45) is 0 Å². The van der Waals surface area contributed by atoms with E-state index in [1.807, 2.05) is 31.2 Å². The standard InChI is InChI=1S/C20H14F4O/c1-12-2-4-13(5-3-12)14-6-7-16(17(22)8-14)15-9-18(23)20(25-11-21)19(24)10-15/h2-10H,11H2,1H3. The van der Waals surface area contributed by atoms with Gasteiger partial charge in [0.15, 0.2) is 17.4 Å². The molecule has 0 spiro atoms. The van der Waals surface area contributed by atoms with E-state index in [1.165, 1.54) is 12.1 Å². The lowest BCUT2D eigenvalue weighted by atomic mass is 9.99. The Morgan fingerprint density at radius 2 is 1.28 bits per heavy atom. The normalized spacial score (nSPS) is 10.8. The maximum Gasteiger partial charge on any atom is 0.228 e. The van der Waals surface area contributed by atoms with E-state index in [1.54, 1.807) is 6.07 Å². The van der Waals surface area contributed by atoms with Crippen molar-refractivity contribution in [2.45, 2.75) is 6.92 Å². The smallest absolute Gasteiger partial charge is 0.228 e. The van der Waals surface area contributed by atoms with Gasteiger partial charge in [0, 0.05) is 5.56 Å². The van der Waals surface area contributed by atoms with E-state index >= 15 is 0 Å². The van der Waals surface area contributed by atoms with Gasteiger partial charge in [-0.3, -0.25) is 0 Å². The Morgan fingerprint density at radius 1 is 0.720 bits per heavy atom. The molecule has 3 rings (SSSR count). The predicted octanol–water partition coefficient (Wildman–Crippen LogP) is 6.05. The van der Waals surface area contributed by atoms with E-state index in [0.29, 0.717) is 5.56 Å². The van der Waals surface area contributed by atoms with Crippen LogP contribution >= 0.6 is 0 Å². The second-order valence-electron chi connectivity index (χ2n) is 5.58. The highest BCUT2D eigenvalue weighted by Gasteiger charge is 2.16. The molecule has 0 saturated heterocycles. The van der Waals surface area contributed by atoms with Crippen LogP contribution in [0.4, 0.5) is 17.6 Å². The SMILES string of the molecule is Cc1ccc(-c2ccc(-c3cc(F)c(OCF)c(F)c3)c(F)c2)cc1. The van der Waals surface area contributed by atoms with Gasteiger partial charge in [-0.1, -0.05) is 42.0 Å². The van der Waals surface area contributed by atoms with Crippen molar-refractivity contribution < 1.29 is 22.3 Å². The number of hydrogen-bond acceptors (Lipinski definition) is 1. The van der Waals surface area contributed by atoms with E-state index in [-0.39, 0.29) is 11.1 Å². The molecule has 3 aromatic carbocycles. The molecule has 128 valence electrons. The molecule has 25 heavy (non-hydrogen) atoms. The minimum absolute atomic E-state index is 0.00849. The maximum absolute atomic E-state index is 14.5. The molecule has 0 saturated carbocycles. The van der Waals surface area contributed by atoms with Gasteiger partial charge in [-0.15, -0.1) is 0 Å². The van der Waals surface area contributed by atoms with Crippen LogP contribution in [0.3, 0.4) is 0 Å². The van der Waals surface area contributed by atoms with Crippen molar-refractivity contribution in [3.8, 4) is 28.0 Å². The van der Waals surface area contributed by atoms with Gasteiger partial charge >= 0.3 is 0 Å². The third-order valence-electron chi connectivity index (χ3n) is 3.86. The van der Waals surface area contributed by atoms with Gasteiger partial charge in [-0.05, 0) is 41.8 Å². The molecule has 0 bridgehead atoms. The Morgan fingerprint density at radius 3 is 1.84 bits per heavy atom. The van der Waals surface area contributed by atoms with Crippen LogP contribution in [0.2, 0.25) is 0 Å². The van der Waals surface area contributed by atoms with Gasteiger partial charge in [0.25, 0.3) is 0 Å². The van der Waals surface area contributed by atoms with E-state index in [0.717, 1.165) is 23.3 Å². The van der Waals surface area contributed by atoms with Crippen molar-refractivity contribution in [1.82, 2.24) is 0 Å². The van der Waals surface area contributed by atoms with E-state index in [2.05, 4.69) is 4.74 Å². The van der Waals surface area contributed by atoms with E-state index in [9.17, 15) is 17.6 Å². The Hall–Kier alpha value is -2.82. The Bertz CT molecular complexity index is 881. The monoisotopic (exact) mass is 346 g/mol. The van der Waals surface area contributed by atoms with Gasteiger partial charge in [0.05, 0.1) is 0 Å². The molecule has 1 nitrogen and oxygen atoms in total. The van der Waals surface area contributed by atoms with Crippen LogP contribution in [0.1, 0.15) is 5.56 Å². The fourth-order valence-electron chi connectivity index (χ4n) is 2.58.